The van der Waals surface area contributed by atoms with Gasteiger partial charge in [0.1, 0.15) is 5.82 Å². The summed E-state index contributed by atoms with van der Waals surface area (Å²) in [5, 5.41) is 3.39. The number of hydrogen-bond donors (Lipinski definition) is 1. The molecule has 1 nitrogen and oxygen atoms in total. The zero-order valence-electron chi connectivity index (χ0n) is 11.8. The molecule has 104 valence electrons. The Morgan fingerprint density at radius 2 is 1.90 bits per heavy atom. The largest absolute Gasteiger partial charge is 0.316 e. The molecule has 0 aliphatic heterocycles. The van der Waals surface area contributed by atoms with Crippen molar-refractivity contribution >= 4 is 0 Å². The second-order valence-electron chi connectivity index (χ2n) is 5.53. The summed E-state index contributed by atoms with van der Waals surface area (Å²) in [6, 6.07) is 16.0. The molecule has 0 saturated carbocycles. The summed E-state index contributed by atoms with van der Waals surface area (Å²) >= 11 is 0. The Morgan fingerprint density at radius 1 is 1.15 bits per heavy atom. The Balaban J connectivity index is 1.83. The minimum absolute atomic E-state index is 0.0981. The molecule has 2 aromatic carbocycles. The summed E-state index contributed by atoms with van der Waals surface area (Å²) < 4.78 is 13.8. The van der Waals surface area contributed by atoms with Gasteiger partial charge < -0.3 is 5.32 Å². The number of aryl methyl sites for hydroxylation is 1. The van der Waals surface area contributed by atoms with Crippen molar-refractivity contribution in [2.75, 3.05) is 7.05 Å². The van der Waals surface area contributed by atoms with Gasteiger partial charge in [-0.1, -0.05) is 42.5 Å². The van der Waals surface area contributed by atoms with E-state index in [2.05, 4.69) is 29.6 Å². The zero-order chi connectivity index (χ0) is 13.9. The van der Waals surface area contributed by atoms with Gasteiger partial charge in [0, 0.05) is 12.0 Å². The molecule has 0 aromatic heterocycles. The number of nitrogens with one attached hydrogen (secondary N) is 1. The summed E-state index contributed by atoms with van der Waals surface area (Å²) in [4.78, 5) is 0. The Labute approximate surface area is 119 Å². The normalized spacial score (nSPS) is 18.8. The van der Waals surface area contributed by atoms with E-state index < -0.39 is 0 Å². The van der Waals surface area contributed by atoms with Crippen LogP contribution in [0.1, 0.15) is 29.0 Å². The van der Waals surface area contributed by atoms with Gasteiger partial charge >= 0.3 is 0 Å². The van der Waals surface area contributed by atoms with E-state index in [0.29, 0.717) is 5.92 Å². The summed E-state index contributed by atoms with van der Waals surface area (Å²) in [6.45, 7) is 0. The summed E-state index contributed by atoms with van der Waals surface area (Å²) in [7, 11) is 1.98. The van der Waals surface area contributed by atoms with Gasteiger partial charge in [-0.05, 0) is 49.1 Å². The summed E-state index contributed by atoms with van der Waals surface area (Å²) in [6.07, 6.45) is 3.03. The number of rotatable bonds is 4. The van der Waals surface area contributed by atoms with E-state index in [0.717, 1.165) is 24.8 Å². The molecule has 1 aliphatic carbocycles. The maximum atomic E-state index is 13.8. The average Bonchev–Trinajstić information content (AvgIpc) is 2.90. The molecular formula is C18H20FN. The van der Waals surface area contributed by atoms with Crippen LogP contribution in [0.2, 0.25) is 0 Å². The smallest absolute Gasteiger partial charge is 0.126 e. The standard InChI is InChI=1S/C18H20FN/c1-20-18(12-14-7-3-5-9-17(14)19)16-11-10-13-6-2-4-8-15(13)16/h2-9,16,18,20H,10-12H2,1H3. The fourth-order valence-corrected chi connectivity index (χ4v) is 3.35. The van der Waals surface area contributed by atoms with Crippen molar-refractivity contribution < 1.29 is 4.39 Å². The molecule has 0 fully saturated rings. The molecule has 20 heavy (non-hydrogen) atoms. The topological polar surface area (TPSA) is 12.0 Å². The average molecular weight is 269 g/mol. The van der Waals surface area contributed by atoms with Crippen LogP contribution in [0.5, 0.6) is 0 Å². The van der Waals surface area contributed by atoms with Crippen LogP contribution in [-0.2, 0) is 12.8 Å². The highest BCUT2D eigenvalue weighted by molar-refractivity contribution is 5.36. The Morgan fingerprint density at radius 3 is 2.70 bits per heavy atom. The molecule has 3 rings (SSSR count). The highest BCUT2D eigenvalue weighted by Gasteiger charge is 2.29. The Hall–Kier alpha value is -1.67. The first kappa shape index (κ1) is 13.3. The van der Waals surface area contributed by atoms with Crippen molar-refractivity contribution in [3.63, 3.8) is 0 Å². The summed E-state index contributed by atoms with van der Waals surface area (Å²) in [5.74, 6) is 0.384. The van der Waals surface area contributed by atoms with Crippen molar-refractivity contribution in [2.45, 2.75) is 31.2 Å². The minimum Gasteiger partial charge on any atom is -0.316 e. The van der Waals surface area contributed by atoms with Gasteiger partial charge in [0.25, 0.3) is 0 Å². The molecule has 0 heterocycles. The van der Waals surface area contributed by atoms with Crippen molar-refractivity contribution in [2.24, 2.45) is 0 Å². The molecule has 0 bridgehead atoms. The zero-order valence-corrected chi connectivity index (χ0v) is 11.8. The molecule has 0 radical (unpaired) electrons. The third-order valence-corrected chi connectivity index (χ3v) is 4.43. The first-order chi connectivity index (χ1) is 9.79. The maximum Gasteiger partial charge on any atom is 0.126 e. The Bertz CT molecular complexity index is 593. The monoisotopic (exact) mass is 269 g/mol. The van der Waals surface area contributed by atoms with Gasteiger partial charge in [-0.3, -0.25) is 0 Å². The van der Waals surface area contributed by atoms with E-state index in [-0.39, 0.29) is 11.9 Å². The number of likely N-dealkylation sites (N-methyl/N-ethyl adjacent to an activating group) is 1. The van der Waals surface area contributed by atoms with Gasteiger partial charge in [0.2, 0.25) is 0 Å². The van der Waals surface area contributed by atoms with E-state index in [1.807, 2.05) is 19.2 Å². The van der Waals surface area contributed by atoms with Crippen LogP contribution in [0.15, 0.2) is 48.5 Å². The maximum absolute atomic E-state index is 13.8. The molecule has 0 saturated heterocycles. The molecule has 2 aromatic rings. The van der Waals surface area contributed by atoms with E-state index in [1.54, 1.807) is 12.1 Å². The van der Waals surface area contributed by atoms with Gasteiger partial charge in [0.05, 0.1) is 0 Å². The first-order valence-corrected chi connectivity index (χ1v) is 7.28. The lowest BCUT2D eigenvalue weighted by Crippen LogP contribution is -2.33. The van der Waals surface area contributed by atoms with Gasteiger partial charge in [-0.15, -0.1) is 0 Å². The number of halogens is 1. The van der Waals surface area contributed by atoms with Crippen LogP contribution in [0.25, 0.3) is 0 Å². The molecule has 1 N–H and O–H groups in total. The summed E-state index contributed by atoms with van der Waals surface area (Å²) in [5.41, 5.74) is 3.69. The number of hydrogen-bond acceptors (Lipinski definition) is 1. The van der Waals surface area contributed by atoms with Crippen LogP contribution in [-0.4, -0.2) is 13.1 Å². The van der Waals surface area contributed by atoms with E-state index in [1.165, 1.54) is 11.1 Å². The quantitative estimate of drug-likeness (QED) is 0.892. The first-order valence-electron chi connectivity index (χ1n) is 7.28. The molecule has 2 unspecified atom stereocenters. The van der Waals surface area contributed by atoms with Gasteiger partial charge in [-0.25, -0.2) is 4.39 Å². The van der Waals surface area contributed by atoms with Crippen LogP contribution in [0, 0.1) is 5.82 Å². The van der Waals surface area contributed by atoms with Crippen LogP contribution in [0.4, 0.5) is 4.39 Å². The highest BCUT2D eigenvalue weighted by atomic mass is 19.1. The third kappa shape index (κ3) is 2.48. The third-order valence-electron chi connectivity index (χ3n) is 4.43. The molecular weight excluding hydrogens is 249 g/mol. The number of benzene rings is 2. The minimum atomic E-state index is -0.0981. The lowest BCUT2D eigenvalue weighted by Gasteiger charge is -2.24. The van der Waals surface area contributed by atoms with Crippen LogP contribution < -0.4 is 5.32 Å². The number of fused-ring (bicyclic) bond motifs is 1. The highest BCUT2D eigenvalue weighted by Crippen LogP contribution is 2.36. The molecule has 2 atom stereocenters. The lowest BCUT2D eigenvalue weighted by atomic mass is 9.89. The fraction of sp³-hybridized carbons (Fsp3) is 0.333. The van der Waals surface area contributed by atoms with E-state index >= 15 is 0 Å². The predicted molar refractivity (Wildman–Crippen MR) is 80.5 cm³/mol. The molecule has 0 spiro atoms. The lowest BCUT2D eigenvalue weighted by molar-refractivity contribution is 0.448. The van der Waals surface area contributed by atoms with Crippen molar-refractivity contribution in [1.29, 1.82) is 0 Å². The second-order valence-corrected chi connectivity index (χ2v) is 5.53. The van der Waals surface area contributed by atoms with E-state index in [9.17, 15) is 4.39 Å². The van der Waals surface area contributed by atoms with Crippen molar-refractivity contribution in [3.8, 4) is 0 Å². The fourth-order valence-electron chi connectivity index (χ4n) is 3.35. The van der Waals surface area contributed by atoms with E-state index in [4.69, 9.17) is 0 Å². The molecule has 1 aliphatic rings. The predicted octanol–water partition coefficient (Wildman–Crippen LogP) is 3.69. The van der Waals surface area contributed by atoms with Crippen LogP contribution in [0.3, 0.4) is 0 Å². The van der Waals surface area contributed by atoms with Gasteiger partial charge in [-0.2, -0.15) is 0 Å². The van der Waals surface area contributed by atoms with Gasteiger partial charge in [0.15, 0.2) is 0 Å². The van der Waals surface area contributed by atoms with Crippen molar-refractivity contribution in [1.82, 2.24) is 5.32 Å². The van der Waals surface area contributed by atoms with Crippen LogP contribution >= 0.6 is 0 Å². The molecule has 2 heteroatoms. The molecule has 0 amide bonds. The van der Waals surface area contributed by atoms with Crippen molar-refractivity contribution in [3.05, 3.63) is 71.0 Å². The second kappa shape index (κ2) is 5.76. The Kier molecular flexibility index (Phi) is 3.83. The SMILES string of the molecule is CNC(Cc1ccccc1F)C1CCc2ccccc21.